The van der Waals surface area contributed by atoms with E-state index >= 15 is 0 Å². The van der Waals surface area contributed by atoms with Gasteiger partial charge in [0.25, 0.3) is 11.8 Å². The van der Waals surface area contributed by atoms with Crippen molar-refractivity contribution in [3.05, 3.63) is 35.9 Å². The Hall–Kier alpha value is -2.18. The van der Waals surface area contributed by atoms with Gasteiger partial charge < -0.3 is 10.4 Å². The van der Waals surface area contributed by atoms with Crippen LogP contribution in [0, 0.1) is 0 Å². The minimum atomic E-state index is -1.28. The number of carbonyl (C=O) groups is 2. The summed E-state index contributed by atoms with van der Waals surface area (Å²) in [4.78, 5) is 22.9. The highest BCUT2D eigenvalue weighted by Crippen LogP contribution is 2.33. The van der Waals surface area contributed by atoms with E-state index in [0.717, 1.165) is 12.5 Å². The molecule has 0 aliphatic heterocycles. The highest BCUT2D eigenvalue weighted by Gasteiger charge is 2.42. The molecule has 0 spiro atoms. The maximum atomic E-state index is 12.0. The molecule has 0 heterocycles. The molecular formula is C14H16N2O4. The van der Waals surface area contributed by atoms with E-state index in [0.29, 0.717) is 24.1 Å². The third kappa shape index (κ3) is 3.04. The third-order valence-electron chi connectivity index (χ3n) is 3.34. The fourth-order valence-corrected chi connectivity index (χ4v) is 1.94. The molecule has 1 aliphatic carbocycles. The number of para-hydroxylation sites is 1. The first-order chi connectivity index (χ1) is 9.55. The standard InChI is InChI=1S/C14H16N2O4/c17-12(16-20)7-6-10-4-1-2-5-11(10)15-13(18)14(19)8-3-9-14/h1-2,4-7,19-20H,3,8-9H2,(H,15,18)(H,16,17). The Labute approximate surface area is 116 Å². The third-order valence-corrected chi connectivity index (χ3v) is 3.34. The molecular weight excluding hydrogens is 260 g/mol. The summed E-state index contributed by atoms with van der Waals surface area (Å²) in [5, 5.41) is 21.0. The Kier molecular flexibility index (Phi) is 4.16. The van der Waals surface area contributed by atoms with Crippen LogP contribution in [0.1, 0.15) is 24.8 Å². The van der Waals surface area contributed by atoms with Gasteiger partial charge in [-0.3, -0.25) is 14.8 Å². The molecule has 20 heavy (non-hydrogen) atoms. The van der Waals surface area contributed by atoms with E-state index in [-0.39, 0.29) is 0 Å². The molecule has 0 radical (unpaired) electrons. The van der Waals surface area contributed by atoms with Gasteiger partial charge in [0.15, 0.2) is 0 Å². The van der Waals surface area contributed by atoms with Gasteiger partial charge in [0.1, 0.15) is 5.60 Å². The molecule has 1 aromatic carbocycles. The van der Waals surface area contributed by atoms with Crippen molar-refractivity contribution in [3.63, 3.8) is 0 Å². The average molecular weight is 276 g/mol. The highest BCUT2D eigenvalue weighted by atomic mass is 16.5. The molecule has 0 atom stereocenters. The lowest BCUT2D eigenvalue weighted by molar-refractivity contribution is -0.142. The van der Waals surface area contributed by atoms with Crippen molar-refractivity contribution in [2.75, 3.05) is 5.32 Å². The molecule has 1 aliphatic rings. The first-order valence-electron chi connectivity index (χ1n) is 6.30. The minimum absolute atomic E-state index is 0.434. The molecule has 106 valence electrons. The van der Waals surface area contributed by atoms with E-state index in [1.807, 2.05) is 0 Å². The number of hydrogen-bond donors (Lipinski definition) is 4. The second-order valence-corrected chi connectivity index (χ2v) is 4.74. The number of carbonyl (C=O) groups excluding carboxylic acids is 2. The van der Waals surface area contributed by atoms with Crippen LogP contribution in [0.5, 0.6) is 0 Å². The molecule has 2 amide bonds. The Balaban J connectivity index is 2.13. The smallest absolute Gasteiger partial charge is 0.267 e. The molecule has 4 N–H and O–H groups in total. The van der Waals surface area contributed by atoms with Gasteiger partial charge in [-0.1, -0.05) is 18.2 Å². The number of benzene rings is 1. The van der Waals surface area contributed by atoms with Crippen LogP contribution < -0.4 is 10.8 Å². The highest BCUT2D eigenvalue weighted by molar-refractivity contribution is 6.00. The molecule has 0 unspecified atom stereocenters. The maximum absolute atomic E-state index is 12.0. The van der Waals surface area contributed by atoms with Gasteiger partial charge in [-0.15, -0.1) is 0 Å². The quantitative estimate of drug-likeness (QED) is 0.375. The van der Waals surface area contributed by atoms with E-state index in [4.69, 9.17) is 5.21 Å². The molecule has 6 heteroatoms. The molecule has 1 aromatic rings. The zero-order valence-electron chi connectivity index (χ0n) is 10.8. The van der Waals surface area contributed by atoms with Crippen LogP contribution in [-0.4, -0.2) is 27.7 Å². The van der Waals surface area contributed by atoms with Crippen molar-refractivity contribution in [2.45, 2.75) is 24.9 Å². The van der Waals surface area contributed by atoms with Gasteiger partial charge in [0.2, 0.25) is 0 Å². The predicted molar refractivity (Wildman–Crippen MR) is 72.8 cm³/mol. The Morgan fingerprint density at radius 1 is 1.25 bits per heavy atom. The fourth-order valence-electron chi connectivity index (χ4n) is 1.94. The number of anilines is 1. The molecule has 0 aromatic heterocycles. The van der Waals surface area contributed by atoms with Crippen molar-refractivity contribution in [3.8, 4) is 0 Å². The van der Waals surface area contributed by atoms with Crippen molar-refractivity contribution >= 4 is 23.6 Å². The lowest BCUT2D eigenvalue weighted by Crippen LogP contribution is -2.48. The zero-order chi connectivity index (χ0) is 14.6. The van der Waals surface area contributed by atoms with Crippen LogP contribution in [0.2, 0.25) is 0 Å². The van der Waals surface area contributed by atoms with Gasteiger partial charge in [0, 0.05) is 11.8 Å². The zero-order valence-corrected chi connectivity index (χ0v) is 10.8. The van der Waals surface area contributed by atoms with Crippen LogP contribution in [0.15, 0.2) is 30.3 Å². The first kappa shape index (κ1) is 14.2. The molecule has 0 bridgehead atoms. The number of aliphatic hydroxyl groups is 1. The topological polar surface area (TPSA) is 98.7 Å². The Morgan fingerprint density at radius 3 is 2.55 bits per heavy atom. The van der Waals surface area contributed by atoms with Gasteiger partial charge >= 0.3 is 0 Å². The second-order valence-electron chi connectivity index (χ2n) is 4.74. The van der Waals surface area contributed by atoms with Gasteiger partial charge in [-0.2, -0.15) is 0 Å². The molecule has 1 fully saturated rings. The summed E-state index contributed by atoms with van der Waals surface area (Å²) in [5.74, 6) is -1.10. The summed E-state index contributed by atoms with van der Waals surface area (Å²) in [6.45, 7) is 0. The number of hydrogen-bond acceptors (Lipinski definition) is 4. The largest absolute Gasteiger partial charge is 0.380 e. The Bertz CT molecular complexity index is 550. The number of rotatable bonds is 4. The first-order valence-corrected chi connectivity index (χ1v) is 6.30. The van der Waals surface area contributed by atoms with E-state index in [2.05, 4.69) is 5.32 Å². The van der Waals surface area contributed by atoms with Crippen LogP contribution >= 0.6 is 0 Å². The van der Waals surface area contributed by atoms with Crippen LogP contribution in [0.4, 0.5) is 5.69 Å². The predicted octanol–water partition coefficient (Wildman–Crippen LogP) is 1.06. The maximum Gasteiger partial charge on any atom is 0.267 e. The van der Waals surface area contributed by atoms with Gasteiger partial charge in [-0.25, -0.2) is 5.48 Å². The molecule has 1 saturated carbocycles. The monoisotopic (exact) mass is 276 g/mol. The van der Waals surface area contributed by atoms with E-state index in [1.54, 1.807) is 24.3 Å². The SMILES string of the molecule is O=C(C=Cc1ccccc1NC(=O)C1(O)CCC1)NO. The lowest BCUT2D eigenvalue weighted by Gasteiger charge is -2.34. The van der Waals surface area contributed by atoms with Crippen LogP contribution in [-0.2, 0) is 9.59 Å². The number of hydroxylamine groups is 1. The van der Waals surface area contributed by atoms with Gasteiger partial charge in [0.05, 0.1) is 0 Å². The summed E-state index contributed by atoms with van der Waals surface area (Å²) in [7, 11) is 0. The minimum Gasteiger partial charge on any atom is -0.380 e. The van der Waals surface area contributed by atoms with E-state index < -0.39 is 17.4 Å². The summed E-state index contributed by atoms with van der Waals surface area (Å²) in [6, 6.07) is 6.88. The number of nitrogens with one attached hydrogen (secondary N) is 2. The van der Waals surface area contributed by atoms with E-state index in [1.165, 1.54) is 11.6 Å². The van der Waals surface area contributed by atoms with Crippen LogP contribution in [0.25, 0.3) is 6.08 Å². The van der Waals surface area contributed by atoms with Crippen molar-refractivity contribution in [1.29, 1.82) is 0 Å². The summed E-state index contributed by atoms with van der Waals surface area (Å²) < 4.78 is 0. The van der Waals surface area contributed by atoms with Crippen LogP contribution in [0.3, 0.4) is 0 Å². The molecule has 2 rings (SSSR count). The number of amides is 2. The van der Waals surface area contributed by atoms with E-state index in [9.17, 15) is 14.7 Å². The molecule has 6 nitrogen and oxygen atoms in total. The van der Waals surface area contributed by atoms with Crippen molar-refractivity contribution < 1.29 is 19.9 Å². The van der Waals surface area contributed by atoms with Crippen molar-refractivity contribution in [2.24, 2.45) is 0 Å². The molecule has 0 saturated heterocycles. The second kappa shape index (κ2) is 5.85. The Morgan fingerprint density at radius 2 is 1.95 bits per heavy atom. The van der Waals surface area contributed by atoms with Crippen molar-refractivity contribution in [1.82, 2.24) is 5.48 Å². The lowest BCUT2D eigenvalue weighted by atomic mass is 9.79. The van der Waals surface area contributed by atoms with Gasteiger partial charge in [-0.05, 0) is 37.0 Å². The normalized spacial score (nSPS) is 16.5. The average Bonchev–Trinajstić information content (AvgIpc) is 2.43. The summed E-state index contributed by atoms with van der Waals surface area (Å²) in [6.07, 6.45) is 4.37. The summed E-state index contributed by atoms with van der Waals surface area (Å²) in [5.41, 5.74) is 1.31. The summed E-state index contributed by atoms with van der Waals surface area (Å²) >= 11 is 0. The fraction of sp³-hybridized carbons (Fsp3) is 0.286.